The third kappa shape index (κ3) is 2.65. The van der Waals surface area contributed by atoms with Gasteiger partial charge >= 0.3 is 0 Å². The van der Waals surface area contributed by atoms with E-state index >= 15 is 0 Å². The van der Waals surface area contributed by atoms with Gasteiger partial charge in [-0.05, 0) is 37.1 Å². The highest BCUT2D eigenvalue weighted by Crippen LogP contribution is 2.22. The van der Waals surface area contributed by atoms with Crippen LogP contribution < -0.4 is 10.6 Å². The highest BCUT2D eigenvalue weighted by molar-refractivity contribution is 5.40. The third-order valence-electron chi connectivity index (χ3n) is 3.71. The lowest BCUT2D eigenvalue weighted by Gasteiger charge is -2.29. The molecule has 2 heterocycles. The Bertz CT molecular complexity index is 609. The molecule has 1 aromatic carbocycles. The molecule has 104 valence electrons. The Hall–Kier alpha value is -1.94. The summed E-state index contributed by atoms with van der Waals surface area (Å²) < 4.78 is 0. The van der Waals surface area contributed by atoms with Gasteiger partial charge < -0.3 is 10.6 Å². The summed E-state index contributed by atoms with van der Waals surface area (Å²) in [7, 11) is 0. The third-order valence-corrected chi connectivity index (χ3v) is 3.71. The van der Waals surface area contributed by atoms with E-state index in [0.29, 0.717) is 6.54 Å². The second-order valence-electron chi connectivity index (χ2n) is 5.28. The van der Waals surface area contributed by atoms with E-state index in [1.54, 1.807) is 0 Å². The Labute approximate surface area is 119 Å². The maximum absolute atomic E-state index is 5.63. The zero-order valence-electron chi connectivity index (χ0n) is 11.8. The van der Waals surface area contributed by atoms with E-state index in [0.717, 1.165) is 43.3 Å². The number of hydrogen-bond donors (Lipinski definition) is 1. The van der Waals surface area contributed by atoms with Crippen LogP contribution in [0.15, 0.2) is 30.3 Å². The minimum absolute atomic E-state index is 0.624. The number of fused-ring (bicyclic) bond motifs is 1. The van der Waals surface area contributed by atoms with Crippen molar-refractivity contribution >= 4 is 5.95 Å². The van der Waals surface area contributed by atoms with Crippen LogP contribution in [-0.4, -0.2) is 23.1 Å². The number of aromatic nitrogens is 2. The predicted octanol–water partition coefficient (Wildman–Crippen LogP) is 1.85. The maximum Gasteiger partial charge on any atom is 0.226 e. The van der Waals surface area contributed by atoms with Gasteiger partial charge in [0.2, 0.25) is 5.95 Å². The topological polar surface area (TPSA) is 55.0 Å². The SMILES string of the molecule is Cc1cc(CCN)nc(N2CCc3ccccc3C2)n1. The second-order valence-corrected chi connectivity index (χ2v) is 5.28. The van der Waals surface area contributed by atoms with E-state index in [1.807, 2.05) is 13.0 Å². The summed E-state index contributed by atoms with van der Waals surface area (Å²) in [6, 6.07) is 10.6. The van der Waals surface area contributed by atoms with Gasteiger partial charge in [0, 0.05) is 30.9 Å². The van der Waals surface area contributed by atoms with Gasteiger partial charge in [-0.1, -0.05) is 24.3 Å². The molecule has 4 nitrogen and oxygen atoms in total. The van der Waals surface area contributed by atoms with E-state index in [1.165, 1.54) is 11.1 Å². The molecule has 0 fully saturated rings. The fourth-order valence-electron chi connectivity index (χ4n) is 2.70. The molecule has 0 aliphatic carbocycles. The van der Waals surface area contributed by atoms with E-state index in [2.05, 4.69) is 39.1 Å². The molecule has 0 atom stereocenters. The van der Waals surface area contributed by atoms with E-state index < -0.39 is 0 Å². The first-order chi connectivity index (χ1) is 9.76. The van der Waals surface area contributed by atoms with Gasteiger partial charge in [0.1, 0.15) is 0 Å². The highest BCUT2D eigenvalue weighted by Gasteiger charge is 2.18. The monoisotopic (exact) mass is 268 g/mol. The van der Waals surface area contributed by atoms with Crippen LogP contribution in [0.2, 0.25) is 0 Å². The molecule has 1 aliphatic heterocycles. The van der Waals surface area contributed by atoms with Crippen molar-refractivity contribution in [1.29, 1.82) is 0 Å². The molecular formula is C16H20N4. The van der Waals surface area contributed by atoms with Gasteiger partial charge in [-0.2, -0.15) is 0 Å². The van der Waals surface area contributed by atoms with Crippen LogP contribution in [0.25, 0.3) is 0 Å². The van der Waals surface area contributed by atoms with Gasteiger partial charge in [-0.3, -0.25) is 0 Å². The molecule has 1 aromatic heterocycles. The van der Waals surface area contributed by atoms with Gasteiger partial charge in [-0.25, -0.2) is 9.97 Å². The van der Waals surface area contributed by atoms with Gasteiger partial charge in [0.15, 0.2) is 0 Å². The summed E-state index contributed by atoms with van der Waals surface area (Å²) >= 11 is 0. The number of anilines is 1. The van der Waals surface area contributed by atoms with Crippen LogP contribution >= 0.6 is 0 Å². The lowest BCUT2D eigenvalue weighted by atomic mass is 10.0. The molecule has 0 radical (unpaired) electrons. The molecule has 0 unspecified atom stereocenters. The summed E-state index contributed by atoms with van der Waals surface area (Å²) in [5.41, 5.74) is 10.5. The average molecular weight is 268 g/mol. The Morgan fingerprint density at radius 2 is 2.00 bits per heavy atom. The van der Waals surface area contributed by atoms with Gasteiger partial charge in [0.25, 0.3) is 0 Å². The molecule has 2 N–H and O–H groups in total. The van der Waals surface area contributed by atoms with Crippen LogP contribution in [0, 0.1) is 6.92 Å². The molecular weight excluding hydrogens is 248 g/mol. The summed E-state index contributed by atoms with van der Waals surface area (Å²) in [5.74, 6) is 0.836. The van der Waals surface area contributed by atoms with Crippen LogP contribution in [-0.2, 0) is 19.4 Å². The number of aryl methyl sites for hydroxylation is 1. The van der Waals surface area contributed by atoms with Crippen LogP contribution in [0.5, 0.6) is 0 Å². The lowest BCUT2D eigenvalue weighted by molar-refractivity contribution is 0.700. The molecule has 4 heteroatoms. The first kappa shape index (κ1) is 13.1. The predicted molar refractivity (Wildman–Crippen MR) is 80.7 cm³/mol. The van der Waals surface area contributed by atoms with Crippen molar-refractivity contribution < 1.29 is 0 Å². The minimum Gasteiger partial charge on any atom is -0.336 e. The smallest absolute Gasteiger partial charge is 0.226 e. The van der Waals surface area contributed by atoms with Crippen molar-refractivity contribution in [3.63, 3.8) is 0 Å². The number of nitrogens with two attached hydrogens (primary N) is 1. The first-order valence-electron chi connectivity index (χ1n) is 7.12. The average Bonchev–Trinajstić information content (AvgIpc) is 2.46. The van der Waals surface area contributed by atoms with Gasteiger partial charge in [0.05, 0.1) is 0 Å². The second kappa shape index (κ2) is 5.59. The summed E-state index contributed by atoms with van der Waals surface area (Å²) in [4.78, 5) is 11.5. The molecule has 0 amide bonds. The van der Waals surface area contributed by atoms with Crippen LogP contribution in [0.1, 0.15) is 22.5 Å². The van der Waals surface area contributed by atoms with Crippen molar-refractivity contribution in [1.82, 2.24) is 9.97 Å². The van der Waals surface area contributed by atoms with Crippen molar-refractivity contribution in [2.45, 2.75) is 26.3 Å². The lowest BCUT2D eigenvalue weighted by Crippen LogP contribution is -2.32. The molecule has 2 aromatic rings. The van der Waals surface area contributed by atoms with E-state index in [4.69, 9.17) is 5.73 Å². The quantitative estimate of drug-likeness (QED) is 0.923. The van der Waals surface area contributed by atoms with Crippen molar-refractivity contribution in [3.8, 4) is 0 Å². The summed E-state index contributed by atoms with van der Waals surface area (Å²) in [6.45, 7) is 4.51. The largest absolute Gasteiger partial charge is 0.336 e. The zero-order chi connectivity index (χ0) is 13.9. The Balaban J connectivity index is 1.87. The zero-order valence-corrected chi connectivity index (χ0v) is 11.8. The van der Waals surface area contributed by atoms with Crippen LogP contribution in [0.4, 0.5) is 5.95 Å². The minimum atomic E-state index is 0.624. The van der Waals surface area contributed by atoms with Crippen LogP contribution in [0.3, 0.4) is 0 Å². The number of benzene rings is 1. The maximum atomic E-state index is 5.63. The van der Waals surface area contributed by atoms with Crippen molar-refractivity contribution in [2.24, 2.45) is 5.73 Å². The molecule has 20 heavy (non-hydrogen) atoms. The van der Waals surface area contributed by atoms with Gasteiger partial charge in [-0.15, -0.1) is 0 Å². The molecule has 3 rings (SSSR count). The molecule has 0 saturated heterocycles. The van der Waals surface area contributed by atoms with Crippen molar-refractivity contribution in [2.75, 3.05) is 18.0 Å². The molecule has 0 spiro atoms. The van der Waals surface area contributed by atoms with E-state index in [-0.39, 0.29) is 0 Å². The number of nitrogens with zero attached hydrogens (tertiary/aromatic N) is 3. The Morgan fingerprint density at radius 1 is 1.20 bits per heavy atom. The molecule has 1 aliphatic rings. The Kier molecular flexibility index (Phi) is 3.65. The summed E-state index contributed by atoms with van der Waals surface area (Å²) in [5, 5.41) is 0. The highest BCUT2D eigenvalue weighted by atomic mass is 15.3. The molecule has 0 saturated carbocycles. The van der Waals surface area contributed by atoms with E-state index in [9.17, 15) is 0 Å². The van der Waals surface area contributed by atoms with Crippen molar-refractivity contribution in [3.05, 3.63) is 52.8 Å². The Morgan fingerprint density at radius 3 is 2.80 bits per heavy atom. The fourth-order valence-corrected chi connectivity index (χ4v) is 2.70. The normalized spacial score (nSPS) is 14.2. The first-order valence-corrected chi connectivity index (χ1v) is 7.12. The standard InChI is InChI=1S/C16H20N4/c1-12-10-15(6-8-17)19-16(18-12)20-9-7-13-4-2-3-5-14(13)11-20/h2-5,10H,6-9,11,17H2,1H3. The fraction of sp³-hybridized carbons (Fsp3) is 0.375. The summed E-state index contributed by atoms with van der Waals surface area (Å²) in [6.07, 6.45) is 1.86. The number of rotatable bonds is 3. The molecule has 0 bridgehead atoms. The number of hydrogen-bond acceptors (Lipinski definition) is 4.